The summed E-state index contributed by atoms with van der Waals surface area (Å²) in [5, 5.41) is 0. The first-order valence-corrected chi connectivity index (χ1v) is 12.9. The highest BCUT2D eigenvalue weighted by Crippen LogP contribution is 2.33. The smallest absolute Gasteiger partial charge is 0.253 e. The maximum absolute atomic E-state index is 13.2. The van der Waals surface area contributed by atoms with Gasteiger partial charge < -0.3 is 19.3 Å². The van der Waals surface area contributed by atoms with E-state index in [1.807, 2.05) is 12.1 Å². The number of carbonyl (C=O) groups excluding carboxylic acids is 2. The number of amides is 2. The second kappa shape index (κ2) is 8.92. The molecule has 0 aliphatic carbocycles. The lowest BCUT2D eigenvalue weighted by Crippen LogP contribution is -2.50. The molecule has 3 aliphatic rings. The van der Waals surface area contributed by atoms with E-state index in [0.717, 1.165) is 24.1 Å². The number of nitrogens with zero attached hydrogens (tertiary/aromatic N) is 3. The number of benzene rings is 2. The van der Waals surface area contributed by atoms with Gasteiger partial charge in [-0.3, -0.25) is 9.59 Å². The Bertz CT molecular complexity index is 1240. The normalized spacial score (nSPS) is 18.4. The van der Waals surface area contributed by atoms with Gasteiger partial charge in [0.2, 0.25) is 15.9 Å². The lowest BCUT2D eigenvalue weighted by Gasteiger charge is -2.34. The molecule has 180 valence electrons. The van der Waals surface area contributed by atoms with Gasteiger partial charge in [-0.25, -0.2) is 8.42 Å². The number of piperazine rings is 1. The van der Waals surface area contributed by atoms with Gasteiger partial charge in [0, 0.05) is 63.4 Å². The zero-order chi connectivity index (χ0) is 23.9. The van der Waals surface area contributed by atoms with Crippen molar-refractivity contribution in [3.8, 4) is 11.5 Å². The summed E-state index contributed by atoms with van der Waals surface area (Å²) in [4.78, 5) is 28.4. The molecule has 2 aromatic carbocycles. The first-order valence-electron chi connectivity index (χ1n) is 11.4. The van der Waals surface area contributed by atoms with Crippen molar-refractivity contribution < 1.29 is 27.5 Å². The Morgan fingerprint density at radius 3 is 2.35 bits per heavy atom. The molecule has 0 spiro atoms. The van der Waals surface area contributed by atoms with Gasteiger partial charge in [-0.05, 0) is 42.3 Å². The summed E-state index contributed by atoms with van der Waals surface area (Å²) in [5.41, 5.74) is 2.40. The molecular weight excluding hydrogens is 458 g/mol. The van der Waals surface area contributed by atoms with Crippen LogP contribution in [0.3, 0.4) is 0 Å². The maximum atomic E-state index is 13.2. The van der Waals surface area contributed by atoms with E-state index in [4.69, 9.17) is 9.47 Å². The summed E-state index contributed by atoms with van der Waals surface area (Å²) < 4.78 is 39.1. The van der Waals surface area contributed by atoms with E-state index >= 15 is 0 Å². The lowest BCUT2D eigenvalue weighted by molar-refractivity contribution is -0.116. The molecular formula is C24H27N3O6S. The molecule has 0 bridgehead atoms. The predicted octanol–water partition coefficient (Wildman–Crippen LogP) is 1.90. The van der Waals surface area contributed by atoms with Crippen LogP contribution >= 0.6 is 0 Å². The highest BCUT2D eigenvalue weighted by molar-refractivity contribution is 7.89. The third-order valence-electron chi connectivity index (χ3n) is 6.48. The van der Waals surface area contributed by atoms with Crippen LogP contribution in [0.25, 0.3) is 0 Å². The summed E-state index contributed by atoms with van der Waals surface area (Å²) in [6.45, 7) is 4.21. The van der Waals surface area contributed by atoms with E-state index in [1.165, 1.54) is 23.4 Å². The van der Waals surface area contributed by atoms with Crippen molar-refractivity contribution in [1.82, 2.24) is 9.21 Å². The largest absolute Gasteiger partial charge is 0.490 e. The Morgan fingerprint density at radius 1 is 0.882 bits per heavy atom. The highest BCUT2D eigenvalue weighted by Gasteiger charge is 2.32. The number of carbonyl (C=O) groups is 2. The zero-order valence-electron chi connectivity index (χ0n) is 19.0. The summed E-state index contributed by atoms with van der Waals surface area (Å²) in [6, 6.07) is 10.1. The number of rotatable bonds is 3. The maximum Gasteiger partial charge on any atom is 0.253 e. The molecule has 5 rings (SSSR count). The highest BCUT2D eigenvalue weighted by atomic mass is 32.2. The Hall–Kier alpha value is -3.11. The summed E-state index contributed by atoms with van der Waals surface area (Å²) in [5.74, 6) is 0.848. The van der Waals surface area contributed by atoms with Crippen molar-refractivity contribution in [3.05, 3.63) is 47.5 Å². The SMILES string of the molecule is CC(=O)N1CCc2cc(C(=O)N3CCN(S(=O)(=O)c4ccc5c(c4)OCCCO5)CC3)ccc21. The van der Waals surface area contributed by atoms with Gasteiger partial charge in [0.05, 0.1) is 18.1 Å². The number of hydrogen-bond acceptors (Lipinski definition) is 6. The van der Waals surface area contributed by atoms with Crippen LogP contribution in [0.4, 0.5) is 5.69 Å². The third kappa shape index (κ3) is 4.12. The van der Waals surface area contributed by atoms with Crippen molar-refractivity contribution in [2.45, 2.75) is 24.7 Å². The van der Waals surface area contributed by atoms with Gasteiger partial charge in [0.25, 0.3) is 5.91 Å². The molecule has 0 aromatic heterocycles. The van der Waals surface area contributed by atoms with Crippen molar-refractivity contribution in [2.75, 3.05) is 50.8 Å². The molecule has 3 heterocycles. The molecule has 0 saturated carbocycles. The number of ether oxygens (including phenoxy) is 2. The molecule has 0 radical (unpaired) electrons. The standard InChI is InChI=1S/C24H27N3O6S/c1-17(28)27-8-7-18-15-19(3-5-21(18)27)24(29)25-9-11-26(12-10-25)34(30,31)20-4-6-22-23(16-20)33-14-2-13-32-22/h3-6,15-16H,2,7-14H2,1H3. The average Bonchev–Trinajstić information content (AvgIpc) is 3.13. The molecule has 9 nitrogen and oxygen atoms in total. The minimum atomic E-state index is -3.72. The molecule has 1 saturated heterocycles. The van der Waals surface area contributed by atoms with Crippen LogP contribution in [0.1, 0.15) is 29.3 Å². The van der Waals surface area contributed by atoms with Crippen LogP contribution in [-0.2, 0) is 21.2 Å². The van der Waals surface area contributed by atoms with Crippen LogP contribution in [0.15, 0.2) is 41.3 Å². The Balaban J connectivity index is 1.26. The van der Waals surface area contributed by atoms with Gasteiger partial charge in [0.15, 0.2) is 11.5 Å². The van der Waals surface area contributed by atoms with E-state index < -0.39 is 10.0 Å². The van der Waals surface area contributed by atoms with E-state index in [2.05, 4.69) is 0 Å². The molecule has 3 aliphatic heterocycles. The van der Waals surface area contributed by atoms with Crippen molar-refractivity contribution >= 4 is 27.5 Å². The fraction of sp³-hybridized carbons (Fsp3) is 0.417. The van der Waals surface area contributed by atoms with Crippen LogP contribution in [-0.4, -0.2) is 75.4 Å². The quantitative estimate of drug-likeness (QED) is 0.659. The Morgan fingerprint density at radius 2 is 1.62 bits per heavy atom. The second-order valence-corrected chi connectivity index (χ2v) is 10.6. The van der Waals surface area contributed by atoms with Crippen LogP contribution in [0.5, 0.6) is 11.5 Å². The van der Waals surface area contributed by atoms with E-state index in [-0.39, 0.29) is 29.8 Å². The summed E-state index contributed by atoms with van der Waals surface area (Å²) >= 11 is 0. The van der Waals surface area contributed by atoms with Gasteiger partial charge >= 0.3 is 0 Å². The zero-order valence-corrected chi connectivity index (χ0v) is 19.8. The number of fused-ring (bicyclic) bond motifs is 2. The van der Waals surface area contributed by atoms with E-state index in [9.17, 15) is 18.0 Å². The minimum absolute atomic E-state index is 0.0104. The van der Waals surface area contributed by atoms with Crippen molar-refractivity contribution in [2.24, 2.45) is 0 Å². The third-order valence-corrected chi connectivity index (χ3v) is 8.38. The average molecular weight is 486 g/mol. The van der Waals surface area contributed by atoms with Gasteiger partial charge in [-0.15, -0.1) is 0 Å². The molecule has 34 heavy (non-hydrogen) atoms. The molecule has 0 atom stereocenters. The molecule has 10 heteroatoms. The monoisotopic (exact) mass is 485 g/mol. The minimum Gasteiger partial charge on any atom is -0.490 e. The van der Waals surface area contributed by atoms with Crippen LogP contribution < -0.4 is 14.4 Å². The predicted molar refractivity (Wildman–Crippen MR) is 125 cm³/mol. The molecule has 0 unspecified atom stereocenters. The van der Waals surface area contributed by atoms with Crippen molar-refractivity contribution in [3.63, 3.8) is 0 Å². The molecule has 1 fully saturated rings. The van der Waals surface area contributed by atoms with E-state index in [1.54, 1.807) is 21.9 Å². The van der Waals surface area contributed by atoms with Crippen molar-refractivity contribution in [1.29, 1.82) is 0 Å². The topological polar surface area (TPSA) is 96.5 Å². The summed E-state index contributed by atoms with van der Waals surface area (Å²) in [6.07, 6.45) is 1.46. The molecule has 2 aromatic rings. The lowest BCUT2D eigenvalue weighted by atomic mass is 10.1. The Kier molecular flexibility index (Phi) is 5.95. The second-order valence-electron chi connectivity index (χ2n) is 8.62. The summed E-state index contributed by atoms with van der Waals surface area (Å²) in [7, 11) is -3.72. The fourth-order valence-electron chi connectivity index (χ4n) is 4.63. The first kappa shape index (κ1) is 22.7. The Labute approximate surface area is 198 Å². The van der Waals surface area contributed by atoms with Gasteiger partial charge in [-0.2, -0.15) is 4.31 Å². The van der Waals surface area contributed by atoms with Gasteiger partial charge in [-0.1, -0.05) is 0 Å². The van der Waals surface area contributed by atoms with Crippen LogP contribution in [0.2, 0.25) is 0 Å². The van der Waals surface area contributed by atoms with E-state index in [0.29, 0.717) is 49.9 Å². The fourth-order valence-corrected chi connectivity index (χ4v) is 6.07. The first-order chi connectivity index (χ1) is 16.3. The molecule has 2 amide bonds. The number of sulfonamides is 1. The van der Waals surface area contributed by atoms with Gasteiger partial charge in [0.1, 0.15) is 0 Å². The molecule has 0 N–H and O–H groups in total. The van der Waals surface area contributed by atoms with Crippen LogP contribution in [0, 0.1) is 0 Å². The number of anilines is 1. The number of hydrogen-bond donors (Lipinski definition) is 0.